The van der Waals surface area contributed by atoms with E-state index in [-0.39, 0.29) is 11.7 Å². The normalized spacial score (nSPS) is 24.1. The Kier molecular flexibility index (Phi) is 3.95. The topological polar surface area (TPSA) is 40.5 Å². The molecule has 2 atom stereocenters. The minimum Gasteiger partial charge on any atom is -0.508 e. The highest BCUT2D eigenvalue weighted by molar-refractivity contribution is 9.09. The zero-order valence-electron chi connectivity index (χ0n) is 10.7. The molecule has 1 heterocycles. The largest absolute Gasteiger partial charge is 0.508 e. The number of benzene rings is 1. The van der Waals surface area contributed by atoms with Crippen molar-refractivity contribution in [2.75, 3.05) is 13.1 Å². The van der Waals surface area contributed by atoms with Crippen LogP contribution >= 0.6 is 15.9 Å². The van der Waals surface area contributed by atoms with E-state index in [0.29, 0.717) is 16.3 Å². The van der Waals surface area contributed by atoms with Gasteiger partial charge in [0.2, 0.25) is 0 Å². The van der Waals surface area contributed by atoms with E-state index in [1.807, 2.05) is 4.90 Å². The second kappa shape index (κ2) is 5.31. The van der Waals surface area contributed by atoms with Gasteiger partial charge in [-0.25, -0.2) is 0 Å². The van der Waals surface area contributed by atoms with Gasteiger partial charge in [0.05, 0.1) is 0 Å². The fraction of sp³-hybridized carbons (Fsp3) is 0.500. The Labute approximate surface area is 116 Å². The Morgan fingerprint density at radius 2 is 2.22 bits per heavy atom. The third-order valence-corrected chi connectivity index (χ3v) is 4.79. The van der Waals surface area contributed by atoms with Crippen LogP contribution in [0.3, 0.4) is 0 Å². The number of likely N-dealkylation sites (tertiary alicyclic amines) is 1. The van der Waals surface area contributed by atoms with E-state index >= 15 is 0 Å². The summed E-state index contributed by atoms with van der Waals surface area (Å²) < 4.78 is 0. The maximum Gasteiger partial charge on any atom is 0.253 e. The Hall–Kier alpha value is -1.03. The Morgan fingerprint density at radius 3 is 2.83 bits per heavy atom. The van der Waals surface area contributed by atoms with Crippen LogP contribution in [-0.4, -0.2) is 33.8 Å². The van der Waals surface area contributed by atoms with E-state index in [9.17, 15) is 9.90 Å². The molecule has 1 N–H and O–H groups in total. The molecule has 1 aliphatic heterocycles. The van der Waals surface area contributed by atoms with Gasteiger partial charge >= 0.3 is 0 Å². The number of hydrogen-bond donors (Lipinski definition) is 1. The molecular formula is C14H18BrNO2. The molecule has 18 heavy (non-hydrogen) atoms. The first-order chi connectivity index (χ1) is 8.49. The molecule has 1 aromatic carbocycles. The Bertz CT molecular complexity index is 461. The van der Waals surface area contributed by atoms with Crippen molar-refractivity contribution in [1.29, 1.82) is 0 Å². The second-order valence-corrected chi connectivity index (χ2v) is 6.21. The van der Waals surface area contributed by atoms with Crippen molar-refractivity contribution in [2.45, 2.75) is 25.1 Å². The van der Waals surface area contributed by atoms with Gasteiger partial charge in [0.1, 0.15) is 5.75 Å². The summed E-state index contributed by atoms with van der Waals surface area (Å²) in [6.45, 7) is 5.56. The number of amides is 1. The van der Waals surface area contributed by atoms with Crippen LogP contribution in [0.1, 0.15) is 29.3 Å². The van der Waals surface area contributed by atoms with Gasteiger partial charge in [-0.1, -0.05) is 22.9 Å². The highest BCUT2D eigenvalue weighted by Gasteiger charge is 2.27. The smallest absolute Gasteiger partial charge is 0.253 e. The molecule has 98 valence electrons. The number of carbonyl (C=O) groups is 1. The van der Waals surface area contributed by atoms with E-state index in [0.717, 1.165) is 25.1 Å². The first kappa shape index (κ1) is 13.4. The van der Waals surface area contributed by atoms with E-state index in [1.165, 1.54) is 0 Å². The maximum absolute atomic E-state index is 12.3. The molecule has 1 aromatic rings. The highest BCUT2D eigenvalue weighted by atomic mass is 79.9. The van der Waals surface area contributed by atoms with Crippen LogP contribution in [-0.2, 0) is 0 Å². The third kappa shape index (κ3) is 2.69. The molecule has 0 aliphatic carbocycles. The lowest BCUT2D eigenvalue weighted by Gasteiger charge is -2.34. The number of halogens is 1. The molecule has 0 spiro atoms. The first-order valence-electron chi connectivity index (χ1n) is 6.22. The number of nitrogens with zero attached hydrogens (tertiary/aromatic N) is 1. The summed E-state index contributed by atoms with van der Waals surface area (Å²) in [5.74, 6) is 0.891. The molecule has 0 bridgehead atoms. The number of phenols is 1. The van der Waals surface area contributed by atoms with Crippen molar-refractivity contribution in [3.05, 3.63) is 29.3 Å². The maximum atomic E-state index is 12.3. The van der Waals surface area contributed by atoms with Gasteiger partial charge in [0.15, 0.2) is 0 Å². The summed E-state index contributed by atoms with van der Waals surface area (Å²) in [7, 11) is 0. The number of hydrogen-bond acceptors (Lipinski definition) is 2. The predicted octanol–water partition coefficient (Wildman–Crippen LogP) is 2.95. The number of carbonyl (C=O) groups excluding carboxylic acids is 1. The fourth-order valence-electron chi connectivity index (χ4n) is 2.18. The van der Waals surface area contributed by atoms with Gasteiger partial charge in [-0.2, -0.15) is 0 Å². The molecule has 0 saturated carbocycles. The lowest BCUT2D eigenvalue weighted by atomic mass is 9.98. The van der Waals surface area contributed by atoms with Crippen LogP contribution in [0, 0.1) is 12.8 Å². The Morgan fingerprint density at radius 1 is 1.50 bits per heavy atom. The van der Waals surface area contributed by atoms with Crippen molar-refractivity contribution in [3.63, 3.8) is 0 Å². The fourth-order valence-corrected chi connectivity index (χ4v) is 2.79. The van der Waals surface area contributed by atoms with E-state index < -0.39 is 0 Å². The molecular weight excluding hydrogens is 294 g/mol. The zero-order valence-corrected chi connectivity index (χ0v) is 12.3. The van der Waals surface area contributed by atoms with Crippen LogP contribution in [0.15, 0.2) is 18.2 Å². The van der Waals surface area contributed by atoms with Crippen LogP contribution in [0.4, 0.5) is 0 Å². The summed E-state index contributed by atoms with van der Waals surface area (Å²) in [6.07, 6.45) is 1.03. The summed E-state index contributed by atoms with van der Waals surface area (Å²) in [5.41, 5.74) is 1.39. The van der Waals surface area contributed by atoms with Crippen LogP contribution < -0.4 is 0 Å². The standard InChI is InChI=1S/C14H18BrNO2/c1-9-5-6-16(8-12(9)15)14(18)11-3-4-13(17)10(2)7-11/h3-4,7,9,12,17H,5-6,8H2,1-2H3. The average molecular weight is 312 g/mol. The molecule has 0 radical (unpaired) electrons. The minimum atomic E-state index is 0.0504. The third-order valence-electron chi connectivity index (χ3n) is 3.60. The number of phenolic OH excluding ortho intramolecular Hbond substituents is 1. The summed E-state index contributed by atoms with van der Waals surface area (Å²) in [4.78, 5) is 14.6. The monoisotopic (exact) mass is 311 g/mol. The van der Waals surface area contributed by atoms with Crippen LogP contribution in [0.2, 0.25) is 0 Å². The van der Waals surface area contributed by atoms with E-state index in [4.69, 9.17) is 0 Å². The first-order valence-corrected chi connectivity index (χ1v) is 7.13. The average Bonchev–Trinajstić information content (AvgIpc) is 2.35. The molecule has 1 fully saturated rings. The van der Waals surface area contributed by atoms with Crippen molar-refractivity contribution in [1.82, 2.24) is 4.90 Å². The molecule has 1 aliphatic rings. The highest BCUT2D eigenvalue weighted by Crippen LogP contribution is 2.25. The molecule has 2 unspecified atom stereocenters. The van der Waals surface area contributed by atoms with E-state index in [2.05, 4.69) is 22.9 Å². The predicted molar refractivity (Wildman–Crippen MR) is 75.2 cm³/mol. The Balaban J connectivity index is 2.14. The molecule has 1 amide bonds. The van der Waals surface area contributed by atoms with Crippen LogP contribution in [0.25, 0.3) is 0 Å². The summed E-state index contributed by atoms with van der Waals surface area (Å²) in [5, 5.41) is 9.48. The minimum absolute atomic E-state index is 0.0504. The van der Waals surface area contributed by atoms with Gasteiger partial charge in [-0.05, 0) is 43.0 Å². The van der Waals surface area contributed by atoms with Crippen molar-refractivity contribution in [3.8, 4) is 5.75 Å². The van der Waals surface area contributed by atoms with Gasteiger partial charge in [0, 0.05) is 23.5 Å². The molecule has 1 saturated heterocycles. The number of rotatable bonds is 1. The van der Waals surface area contributed by atoms with Gasteiger partial charge in [-0.15, -0.1) is 0 Å². The van der Waals surface area contributed by atoms with Gasteiger partial charge in [0.25, 0.3) is 5.91 Å². The zero-order chi connectivity index (χ0) is 13.3. The van der Waals surface area contributed by atoms with Gasteiger partial charge < -0.3 is 10.0 Å². The van der Waals surface area contributed by atoms with Gasteiger partial charge in [-0.3, -0.25) is 4.79 Å². The number of aromatic hydroxyl groups is 1. The number of piperidine rings is 1. The van der Waals surface area contributed by atoms with Crippen molar-refractivity contribution in [2.24, 2.45) is 5.92 Å². The van der Waals surface area contributed by atoms with Crippen molar-refractivity contribution >= 4 is 21.8 Å². The molecule has 4 heteroatoms. The lowest BCUT2D eigenvalue weighted by molar-refractivity contribution is 0.0706. The lowest BCUT2D eigenvalue weighted by Crippen LogP contribution is -2.43. The summed E-state index contributed by atoms with van der Waals surface area (Å²) >= 11 is 3.63. The van der Waals surface area contributed by atoms with Crippen LogP contribution in [0.5, 0.6) is 5.75 Å². The summed E-state index contributed by atoms with van der Waals surface area (Å²) in [6, 6.07) is 5.02. The molecule has 3 nitrogen and oxygen atoms in total. The quantitative estimate of drug-likeness (QED) is 0.810. The number of aryl methyl sites for hydroxylation is 1. The van der Waals surface area contributed by atoms with Crippen molar-refractivity contribution < 1.29 is 9.90 Å². The second-order valence-electron chi connectivity index (χ2n) is 5.03. The number of alkyl halides is 1. The molecule has 0 aromatic heterocycles. The molecule has 2 rings (SSSR count). The SMILES string of the molecule is Cc1cc(C(=O)N2CCC(C)C(Br)C2)ccc1O. The van der Waals surface area contributed by atoms with E-state index in [1.54, 1.807) is 25.1 Å².